The first-order chi connectivity index (χ1) is 10.7. The van der Waals surface area contributed by atoms with E-state index in [0.717, 1.165) is 43.9 Å². The molecule has 0 spiro atoms. The number of anilines is 2. The molecule has 3 rings (SSSR count). The molecule has 1 unspecified atom stereocenters. The van der Waals surface area contributed by atoms with Crippen LogP contribution in [0.15, 0.2) is 12.1 Å². The van der Waals surface area contributed by atoms with Crippen molar-refractivity contribution in [2.45, 2.75) is 38.6 Å². The fraction of sp³-hybridized carbons (Fsp3) is 0.625. The quantitative estimate of drug-likeness (QED) is 0.646. The molecular weight excluding hydrogens is 280 g/mol. The van der Waals surface area contributed by atoms with E-state index in [2.05, 4.69) is 22.5 Å². The molecule has 0 radical (unpaired) electrons. The molecule has 0 amide bonds. The molecule has 2 heterocycles. The predicted molar refractivity (Wildman–Crippen MR) is 88.7 cm³/mol. The van der Waals surface area contributed by atoms with Crippen LogP contribution >= 0.6 is 0 Å². The molecule has 2 aliphatic rings. The zero-order valence-corrected chi connectivity index (χ0v) is 13.1. The molecular formula is C16H24N4O2. The van der Waals surface area contributed by atoms with Gasteiger partial charge < -0.3 is 10.6 Å². The van der Waals surface area contributed by atoms with E-state index in [4.69, 9.17) is 0 Å². The van der Waals surface area contributed by atoms with E-state index in [0.29, 0.717) is 11.7 Å². The number of hydrogen-bond donors (Lipinski definition) is 2. The highest BCUT2D eigenvalue weighted by molar-refractivity contribution is 5.77. The third kappa shape index (κ3) is 3.02. The average Bonchev–Trinajstić information content (AvgIpc) is 2.97. The lowest BCUT2D eigenvalue weighted by Crippen LogP contribution is -2.40. The maximum absolute atomic E-state index is 11.3. The highest BCUT2D eigenvalue weighted by Gasteiger charge is 2.24. The van der Waals surface area contributed by atoms with Crippen molar-refractivity contribution in [1.29, 1.82) is 0 Å². The Hall–Kier alpha value is -1.82. The molecule has 120 valence electrons. The van der Waals surface area contributed by atoms with Gasteiger partial charge in [-0.3, -0.25) is 15.0 Å². The topological polar surface area (TPSA) is 70.4 Å². The van der Waals surface area contributed by atoms with E-state index < -0.39 is 0 Å². The van der Waals surface area contributed by atoms with Crippen LogP contribution in [-0.2, 0) is 6.42 Å². The zero-order valence-electron chi connectivity index (χ0n) is 13.1. The third-order valence-electron chi connectivity index (χ3n) is 4.82. The van der Waals surface area contributed by atoms with Crippen molar-refractivity contribution in [2.24, 2.45) is 0 Å². The van der Waals surface area contributed by atoms with Crippen LogP contribution in [0.5, 0.6) is 0 Å². The van der Waals surface area contributed by atoms with E-state index in [9.17, 15) is 10.1 Å². The fourth-order valence-corrected chi connectivity index (χ4v) is 3.55. The maximum atomic E-state index is 11.3. The van der Waals surface area contributed by atoms with E-state index >= 15 is 0 Å². The first-order valence-electron chi connectivity index (χ1n) is 8.19. The van der Waals surface area contributed by atoms with E-state index in [-0.39, 0.29) is 10.6 Å². The van der Waals surface area contributed by atoms with Crippen LogP contribution in [0.1, 0.15) is 31.7 Å². The van der Waals surface area contributed by atoms with Gasteiger partial charge in [-0.2, -0.15) is 0 Å². The van der Waals surface area contributed by atoms with Crippen LogP contribution in [0.4, 0.5) is 17.1 Å². The highest BCUT2D eigenvalue weighted by Crippen LogP contribution is 2.36. The number of hydrogen-bond acceptors (Lipinski definition) is 5. The molecule has 0 aromatic heterocycles. The summed E-state index contributed by atoms with van der Waals surface area (Å²) in [4.78, 5) is 13.5. The summed E-state index contributed by atoms with van der Waals surface area (Å²) in [5.74, 6) is 0. The van der Waals surface area contributed by atoms with Gasteiger partial charge in [-0.05, 0) is 38.8 Å². The maximum Gasteiger partial charge on any atom is 0.292 e. The summed E-state index contributed by atoms with van der Waals surface area (Å²) in [5, 5.41) is 17.9. The molecule has 2 N–H and O–H groups in total. The van der Waals surface area contributed by atoms with Gasteiger partial charge in [0.1, 0.15) is 5.69 Å². The Morgan fingerprint density at radius 1 is 1.45 bits per heavy atom. The summed E-state index contributed by atoms with van der Waals surface area (Å²) in [6, 6.07) is 4.04. The summed E-state index contributed by atoms with van der Waals surface area (Å²) < 4.78 is 0. The molecule has 2 aliphatic heterocycles. The van der Waals surface area contributed by atoms with Crippen molar-refractivity contribution in [2.75, 3.05) is 36.8 Å². The van der Waals surface area contributed by atoms with Gasteiger partial charge >= 0.3 is 0 Å². The van der Waals surface area contributed by atoms with Crippen LogP contribution in [0.25, 0.3) is 0 Å². The summed E-state index contributed by atoms with van der Waals surface area (Å²) >= 11 is 0. The number of rotatable bonds is 5. The average molecular weight is 304 g/mol. The predicted octanol–water partition coefficient (Wildman–Crippen LogP) is 2.85. The van der Waals surface area contributed by atoms with E-state index in [1.807, 2.05) is 6.07 Å². The Morgan fingerprint density at radius 3 is 3.09 bits per heavy atom. The number of fused-ring (bicyclic) bond motifs is 1. The Labute approximate surface area is 131 Å². The summed E-state index contributed by atoms with van der Waals surface area (Å²) in [6.07, 6.45) is 4.67. The van der Waals surface area contributed by atoms with Crippen LogP contribution in [0, 0.1) is 10.1 Å². The lowest BCUT2D eigenvalue weighted by atomic mass is 10.0. The first-order valence-corrected chi connectivity index (χ1v) is 8.19. The standard InChI is InChI=1S/C16H24N4O2/c1-12-4-2-3-10-19(12)11-9-18-16-13-7-8-17-14(13)5-6-15(16)20(21)22/h5-6,12,17-18H,2-4,7-11H2,1H3. The molecule has 6 nitrogen and oxygen atoms in total. The number of nitro benzene ring substituents is 1. The van der Waals surface area contributed by atoms with Crippen LogP contribution in [-0.4, -0.2) is 42.0 Å². The number of likely N-dealkylation sites (tertiary alicyclic amines) is 1. The van der Waals surface area contributed by atoms with Gasteiger partial charge in [0.25, 0.3) is 5.69 Å². The van der Waals surface area contributed by atoms with Crippen LogP contribution < -0.4 is 10.6 Å². The third-order valence-corrected chi connectivity index (χ3v) is 4.82. The molecule has 1 saturated heterocycles. The number of nitrogens with zero attached hydrogens (tertiary/aromatic N) is 2. The minimum atomic E-state index is -0.287. The number of nitro groups is 1. The van der Waals surface area contributed by atoms with Crippen molar-refractivity contribution in [3.8, 4) is 0 Å². The van der Waals surface area contributed by atoms with Crippen molar-refractivity contribution < 1.29 is 4.92 Å². The largest absolute Gasteiger partial charge is 0.384 e. The second-order valence-corrected chi connectivity index (χ2v) is 6.23. The van der Waals surface area contributed by atoms with Crippen molar-refractivity contribution in [1.82, 2.24) is 4.90 Å². The number of nitrogens with one attached hydrogen (secondary N) is 2. The Balaban J connectivity index is 1.69. The van der Waals surface area contributed by atoms with Crippen molar-refractivity contribution >= 4 is 17.1 Å². The second-order valence-electron chi connectivity index (χ2n) is 6.23. The lowest BCUT2D eigenvalue weighted by Gasteiger charge is -2.33. The lowest BCUT2D eigenvalue weighted by molar-refractivity contribution is -0.384. The van der Waals surface area contributed by atoms with E-state index in [1.165, 1.54) is 19.3 Å². The zero-order chi connectivity index (χ0) is 15.5. The van der Waals surface area contributed by atoms with Crippen molar-refractivity contribution in [3.05, 3.63) is 27.8 Å². The van der Waals surface area contributed by atoms with Crippen molar-refractivity contribution in [3.63, 3.8) is 0 Å². The highest BCUT2D eigenvalue weighted by atomic mass is 16.6. The molecule has 6 heteroatoms. The Morgan fingerprint density at radius 2 is 2.32 bits per heavy atom. The molecule has 1 aromatic rings. The monoisotopic (exact) mass is 304 g/mol. The normalized spacial score (nSPS) is 21.2. The summed E-state index contributed by atoms with van der Waals surface area (Å²) in [5.41, 5.74) is 2.98. The number of benzene rings is 1. The molecule has 22 heavy (non-hydrogen) atoms. The second kappa shape index (κ2) is 6.52. The smallest absolute Gasteiger partial charge is 0.292 e. The van der Waals surface area contributed by atoms with Gasteiger partial charge in [-0.25, -0.2) is 0 Å². The Kier molecular flexibility index (Phi) is 4.47. The van der Waals surface area contributed by atoms with Crippen LogP contribution in [0.2, 0.25) is 0 Å². The SMILES string of the molecule is CC1CCCCN1CCNc1c([N+](=O)[O-])ccc2c1CCN2. The molecule has 0 bridgehead atoms. The van der Waals surface area contributed by atoms with Gasteiger partial charge in [-0.1, -0.05) is 6.42 Å². The van der Waals surface area contributed by atoms with Gasteiger partial charge in [0.05, 0.1) is 4.92 Å². The Bertz CT molecular complexity index is 561. The van der Waals surface area contributed by atoms with Gasteiger partial charge in [0.15, 0.2) is 0 Å². The molecule has 0 saturated carbocycles. The van der Waals surface area contributed by atoms with Crippen LogP contribution in [0.3, 0.4) is 0 Å². The van der Waals surface area contributed by atoms with Gasteiger partial charge in [0, 0.05) is 43.0 Å². The first kappa shape index (κ1) is 15.1. The van der Waals surface area contributed by atoms with Gasteiger partial charge in [0.2, 0.25) is 0 Å². The minimum absolute atomic E-state index is 0.189. The van der Waals surface area contributed by atoms with Gasteiger partial charge in [-0.15, -0.1) is 0 Å². The molecule has 1 aromatic carbocycles. The molecule has 1 atom stereocenters. The number of piperidine rings is 1. The summed E-state index contributed by atoms with van der Waals surface area (Å²) in [6.45, 7) is 5.95. The molecule has 0 aliphatic carbocycles. The molecule has 1 fully saturated rings. The fourth-order valence-electron chi connectivity index (χ4n) is 3.55. The van der Waals surface area contributed by atoms with E-state index in [1.54, 1.807) is 6.07 Å². The minimum Gasteiger partial charge on any atom is -0.384 e. The summed E-state index contributed by atoms with van der Waals surface area (Å²) in [7, 11) is 0.